The van der Waals surface area contributed by atoms with Gasteiger partial charge < -0.3 is 9.84 Å². The van der Waals surface area contributed by atoms with E-state index in [0.717, 1.165) is 5.56 Å². The normalized spacial score (nSPS) is 22.5. The standard InChI is InChI=1S/C12H11ClO2/c1-12(14,11-8-15-11)7-6-9-2-4-10(13)5-3-9/h2-5,11,14H,8H2,1H3. The first kappa shape index (κ1) is 10.5. The average Bonchev–Trinajstić information content (AvgIpc) is 3.00. The van der Waals surface area contributed by atoms with Gasteiger partial charge in [0, 0.05) is 10.6 Å². The Kier molecular flexibility index (Phi) is 2.70. The maximum Gasteiger partial charge on any atom is 0.151 e. The zero-order chi connectivity index (χ0) is 10.9. The quantitative estimate of drug-likeness (QED) is 0.581. The highest BCUT2D eigenvalue weighted by Crippen LogP contribution is 2.23. The first-order valence-corrected chi connectivity index (χ1v) is 5.08. The van der Waals surface area contributed by atoms with Crippen LogP contribution in [0.2, 0.25) is 5.02 Å². The molecule has 15 heavy (non-hydrogen) atoms. The molecule has 1 aromatic rings. The maximum atomic E-state index is 9.85. The monoisotopic (exact) mass is 222 g/mol. The summed E-state index contributed by atoms with van der Waals surface area (Å²) in [6, 6.07) is 7.18. The van der Waals surface area contributed by atoms with Gasteiger partial charge in [0.15, 0.2) is 5.60 Å². The number of epoxide rings is 1. The zero-order valence-corrected chi connectivity index (χ0v) is 9.08. The van der Waals surface area contributed by atoms with Gasteiger partial charge in [-0.15, -0.1) is 0 Å². The van der Waals surface area contributed by atoms with E-state index in [0.29, 0.717) is 11.6 Å². The van der Waals surface area contributed by atoms with Crippen LogP contribution in [0.3, 0.4) is 0 Å². The lowest BCUT2D eigenvalue weighted by Crippen LogP contribution is -2.29. The lowest BCUT2D eigenvalue weighted by Gasteiger charge is -2.11. The molecule has 3 heteroatoms. The Morgan fingerprint density at radius 3 is 2.60 bits per heavy atom. The Labute approximate surface area is 93.8 Å². The minimum absolute atomic E-state index is 0.141. The molecule has 2 unspecified atom stereocenters. The van der Waals surface area contributed by atoms with Crippen LogP contribution < -0.4 is 0 Å². The van der Waals surface area contributed by atoms with Crippen molar-refractivity contribution in [3.8, 4) is 11.8 Å². The number of aliphatic hydroxyl groups is 1. The number of ether oxygens (including phenoxy) is 1. The van der Waals surface area contributed by atoms with Gasteiger partial charge in [-0.2, -0.15) is 0 Å². The van der Waals surface area contributed by atoms with Gasteiger partial charge >= 0.3 is 0 Å². The smallest absolute Gasteiger partial charge is 0.151 e. The van der Waals surface area contributed by atoms with Gasteiger partial charge in [-0.05, 0) is 31.2 Å². The SMILES string of the molecule is CC(O)(C#Cc1ccc(Cl)cc1)C1CO1. The van der Waals surface area contributed by atoms with E-state index in [1.807, 2.05) is 12.1 Å². The number of hydrogen-bond acceptors (Lipinski definition) is 2. The van der Waals surface area contributed by atoms with Crippen molar-refractivity contribution in [1.29, 1.82) is 0 Å². The fourth-order valence-electron chi connectivity index (χ4n) is 1.19. The molecule has 2 atom stereocenters. The van der Waals surface area contributed by atoms with Crippen molar-refractivity contribution in [3.05, 3.63) is 34.9 Å². The van der Waals surface area contributed by atoms with Crippen molar-refractivity contribution in [2.75, 3.05) is 6.61 Å². The number of benzene rings is 1. The van der Waals surface area contributed by atoms with Crippen LogP contribution >= 0.6 is 11.6 Å². The van der Waals surface area contributed by atoms with Crippen LogP contribution in [0.1, 0.15) is 12.5 Å². The predicted octanol–water partition coefficient (Wildman–Crippen LogP) is 1.84. The Balaban J connectivity index is 2.13. The Hall–Kier alpha value is -1.01. The fourth-order valence-corrected chi connectivity index (χ4v) is 1.31. The van der Waals surface area contributed by atoms with Gasteiger partial charge in [-0.25, -0.2) is 0 Å². The fraction of sp³-hybridized carbons (Fsp3) is 0.333. The molecule has 0 amide bonds. The molecule has 1 aliphatic heterocycles. The molecule has 0 aliphatic carbocycles. The molecule has 2 rings (SSSR count). The van der Waals surface area contributed by atoms with Crippen molar-refractivity contribution in [3.63, 3.8) is 0 Å². The van der Waals surface area contributed by atoms with Crippen molar-refractivity contribution in [2.24, 2.45) is 0 Å². The van der Waals surface area contributed by atoms with E-state index < -0.39 is 5.60 Å². The molecular formula is C12H11ClO2. The number of halogens is 1. The van der Waals surface area contributed by atoms with E-state index >= 15 is 0 Å². The van der Waals surface area contributed by atoms with Crippen LogP contribution in [0.4, 0.5) is 0 Å². The van der Waals surface area contributed by atoms with E-state index in [-0.39, 0.29) is 6.10 Å². The molecule has 0 bridgehead atoms. The highest BCUT2D eigenvalue weighted by molar-refractivity contribution is 6.30. The van der Waals surface area contributed by atoms with Crippen molar-refractivity contribution >= 4 is 11.6 Å². The summed E-state index contributed by atoms with van der Waals surface area (Å²) in [5, 5.41) is 10.5. The summed E-state index contributed by atoms with van der Waals surface area (Å²) in [4.78, 5) is 0. The van der Waals surface area contributed by atoms with Crippen molar-refractivity contribution in [2.45, 2.75) is 18.6 Å². The molecule has 1 aromatic carbocycles. The first-order valence-electron chi connectivity index (χ1n) is 4.71. The summed E-state index contributed by atoms with van der Waals surface area (Å²) in [6.45, 7) is 2.25. The Morgan fingerprint density at radius 2 is 2.07 bits per heavy atom. The van der Waals surface area contributed by atoms with Crippen LogP contribution in [-0.4, -0.2) is 23.4 Å². The predicted molar refractivity (Wildman–Crippen MR) is 58.7 cm³/mol. The minimum atomic E-state index is -1.06. The summed E-state index contributed by atoms with van der Waals surface area (Å²) in [6.07, 6.45) is -0.141. The summed E-state index contributed by atoms with van der Waals surface area (Å²) < 4.78 is 5.01. The van der Waals surface area contributed by atoms with E-state index in [1.165, 1.54) is 0 Å². The van der Waals surface area contributed by atoms with Crippen LogP contribution in [0.25, 0.3) is 0 Å². The molecule has 1 saturated heterocycles. The summed E-state index contributed by atoms with van der Waals surface area (Å²) in [5.41, 5.74) is -0.222. The highest BCUT2D eigenvalue weighted by atomic mass is 35.5. The van der Waals surface area contributed by atoms with Gasteiger partial charge in [0.2, 0.25) is 0 Å². The van der Waals surface area contributed by atoms with Crippen molar-refractivity contribution in [1.82, 2.24) is 0 Å². The molecule has 0 radical (unpaired) electrons. The second-order valence-electron chi connectivity index (χ2n) is 3.73. The topological polar surface area (TPSA) is 32.8 Å². The second-order valence-corrected chi connectivity index (χ2v) is 4.16. The van der Waals surface area contributed by atoms with E-state index in [2.05, 4.69) is 11.8 Å². The van der Waals surface area contributed by atoms with Crippen molar-refractivity contribution < 1.29 is 9.84 Å². The van der Waals surface area contributed by atoms with Gasteiger partial charge in [-0.1, -0.05) is 23.4 Å². The van der Waals surface area contributed by atoms with E-state index in [4.69, 9.17) is 16.3 Å². The lowest BCUT2D eigenvalue weighted by atomic mass is 10.0. The van der Waals surface area contributed by atoms with Crippen LogP contribution in [0.5, 0.6) is 0 Å². The summed E-state index contributed by atoms with van der Waals surface area (Å²) >= 11 is 5.74. The number of hydrogen-bond donors (Lipinski definition) is 1. The average molecular weight is 223 g/mol. The maximum absolute atomic E-state index is 9.85. The second kappa shape index (κ2) is 3.86. The highest BCUT2D eigenvalue weighted by Gasteiger charge is 2.40. The Bertz CT molecular complexity index is 407. The molecule has 2 nitrogen and oxygen atoms in total. The van der Waals surface area contributed by atoms with Gasteiger partial charge in [0.25, 0.3) is 0 Å². The molecular weight excluding hydrogens is 212 g/mol. The molecule has 1 heterocycles. The third-order valence-corrected chi connectivity index (χ3v) is 2.52. The van der Waals surface area contributed by atoms with Gasteiger partial charge in [-0.3, -0.25) is 0 Å². The van der Waals surface area contributed by atoms with E-state index in [1.54, 1.807) is 19.1 Å². The summed E-state index contributed by atoms with van der Waals surface area (Å²) in [5.74, 6) is 5.69. The van der Waals surface area contributed by atoms with E-state index in [9.17, 15) is 5.11 Å². The first-order chi connectivity index (χ1) is 7.08. The molecule has 78 valence electrons. The molecule has 0 saturated carbocycles. The van der Waals surface area contributed by atoms with Crippen LogP contribution in [-0.2, 0) is 4.74 Å². The zero-order valence-electron chi connectivity index (χ0n) is 8.33. The Morgan fingerprint density at radius 1 is 1.47 bits per heavy atom. The molecule has 1 fully saturated rings. The molecule has 1 N–H and O–H groups in total. The molecule has 0 spiro atoms. The minimum Gasteiger partial charge on any atom is -0.375 e. The number of rotatable bonds is 1. The third-order valence-electron chi connectivity index (χ3n) is 2.26. The molecule has 0 aromatic heterocycles. The molecule has 1 aliphatic rings. The van der Waals surface area contributed by atoms with Gasteiger partial charge in [0.1, 0.15) is 6.10 Å². The van der Waals surface area contributed by atoms with Gasteiger partial charge in [0.05, 0.1) is 6.61 Å². The van der Waals surface area contributed by atoms with Crippen LogP contribution in [0.15, 0.2) is 24.3 Å². The third kappa shape index (κ3) is 2.73. The largest absolute Gasteiger partial charge is 0.375 e. The lowest BCUT2D eigenvalue weighted by molar-refractivity contribution is 0.0863. The summed E-state index contributed by atoms with van der Waals surface area (Å²) in [7, 11) is 0. The van der Waals surface area contributed by atoms with Crippen LogP contribution in [0, 0.1) is 11.8 Å².